The number of hydrogen-bond acceptors (Lipinski definition) is 4. The maximum Gasteiger partial charge on any atom is 0.485 e. The molecule has 1 aromatic carbocycles. The number of hydrogen-bond donors (Lipinski definition) is 0. The zero-order valence-electron chi connectivity index (χ0n) is 13.4. The lowest BCUT2D eigenvalue weighted by molar-refractivity contribution is -0.671. The lowest BCUT2D eigenvalue weighted by atomic mass is 10.0. The second-order valence-electron chi connectivity index (χ2n) is 4.97. The van der Waals surface area contributed by atoms with Crippen molar-refractivity contribution in [3.63, 3.8) is 0 Å². The molecule has 0 saturated heterocycles. The summed E-state index contributed by atoms with van der Waals surface area (Å²) in [6, 6.07) is 6.73. The standard InChI is InChI=1S/C13H12FN4.CHF3O3S/c1-9-6-11(10-4-3-5-18(2)8-10)13(16-17-15)7-12(9)14;2-1(3,4)8(5,6)7/h3-8H,1-2H3;(H,5,6,7)/q+1;/p-1. The first-order valence-corrected chi connectivity index (χ1v) is 8.10. The Kier molecular flexibility index (Phi) is 6.67. The van der Waals surface area contributed by atoms with E-state index in [1.54, 1.807) is 13.0 Å². The summed E-state index contributed by atoms with van der Waals surface area (Å²) in [4.78, 5) is 2.74. The minimum absolute atomic E-state index is 0.298. The summed E-state index contributed by atoms with van der Waals surface area (Å²) in [7, 11) is -4.19. The molecule has 0 bridgehead atoms. The summed E-state index contributed by atoms with van der Waals surface area (Å²) < 4.78 is 74.3. The van der Waals surface area contributed by atoms with Crippen LogP contribution in [0.15, 0.2) is 41.8 Å². The monoisotopic (exact) mass is 392 g/mol. The van der Waals surface area contributed by atoms with Crippen molar-refractivity contribution in [3.8, 4) is 11.1 Å². The predicted molar refractivity (Wildman–Crippen MR) is 82.3 cm³/mol. The molecule has 0 N–H and O–H groups in total. The fourth-order valence-electron chi connectivity index (χ4n) is 1.78. The van der Waals surface area contributed by atoms with E-state index in [1.165, 1.54) is 6.07 Å². The Labute approximate surface area is 145 Å². The quantitative estimate of drug-likeness (QED) is 0.148. The van der Waals surface area contributed by atoms with Crippen LogP contribution in [-0.2, 0) is 17.2 Å². The average Bonchev–Trinajstić information content (AvgIpc) is 2.49. The zero-order valence-corrected chi connectivity index (χ0v) is 14.2. The molecule has 1 aromatic heterocycles. The van der Waals surface area contributed by atoms with Gasteiger partial charge in [-0.25, -0.2) is 17.4 Å². The number of nitrogens with zero attached hydrogens (tertiary/aromatic N) is 4. The molecule has 0 fully saturated rings. The van der Waals surface area contributed by atoms with Crippen molar-refractivity contribution in [2.45, 2.75) is 12.4 Å². The second kappa shape index (κ2) is 8.13. The van der Waals surface area contributed by atoms with Crippen molar-refractivity contribution >= 4 is 15.8 Å². The second-order valence-corrected chi connectivity index (χ2v) is 6.34. The first-order chi connectivity index (χ1) is 11.9. The van der Waals surface area contributed by atoms with Crippen molar-refractivity contribution in [2.24, 2.45) is 12.2 Å². The molecule has 2 rings (SSSR count). The Hall–Kier alpha value is -2.69. The summed E-state index contributed by atoms with van der Waals surface area (Å²) in [5.74, 6) is -0.374. The van der Waals surface area contributed by atoms with Gasteiger partial charge in [0.1, 0.15) is 12.9 Å². The minimum atomic E-state index is -6.09. The van der Waals surface area contributed by atoms with Gasteiger partial charge in [-0.3, -0.25) is 0 Å². The lowest BCUT2D eigenvalue weighted by Gasteiger charge is -2.08. The average molecular weight is 392 g/mol. The number of rotatable bonds is 2. The molecule has 0 spiro atoms. The molecule has 0 unspecified atom stereocenters. The van der Waals surface area contributed by atoms with Crippen LogP contribution in [0, 0.1) is 12.7 Å². The van der Waals surface area contributed by atoms with Crippen LogP contribution < -0.4 is 4.57 Å². The predicted octanol–water partition coefficient (Wildman–Crippen LogP) is 3.62. The molecule has 0 aliphatic rings. The van der Waals surface area contributed by atoms with Crippen LogP contribution in [0.3, 0.4) is 0 Å². The fraction of sp³-hybridized carbons (Fsp3) is 0.214. The Bertz CT molecular complexity index is 955. The van der Waals surface area contributed by atoms with Gasteiger partial charge in [0.2, 0.25) is 0 Å². The Balaban J connectivity index is 0.000000359. The molecule has 0 aliphatic carbocycles. The molecule has 1 heterocycles. The first-order valence-electron chi connectivity index (χ1n) is 6.70. The van der Waals surface area contributed by atoms with Gasteiger partial charge in [0.15, 0.2) is 22.5 Å². The zero-order chi connectivity index (χ0) is 20.1. The highest BCUT2D eigenvalue weighted by atomic mass is 32.2. The topological polar surface area (TPSA) is 110 Å². The Morgan fingerprint density at radius 1 is 1.31 bits per heavy atom. The van der Waals surface area contributed by atoms with Gasteiger partial charge >= 0.3 is 5.51 Å². The van der Waals surface area contributed by atoms with E-state index in [-0.39, 0.29) is 5.82 Å². The highest BCUT2D eigenvalue weighted by molar-refractivity contribution is 7.86. The van der Waals surface area contributed by atoms with Crippen molar-refractivity contribution < 1.29 is 35.1 Å². The highest BCUT2D eigenvalue weighted by Gasteiger charge is 2.36. The summed E-state index contributed by atoms with van der Waals surface area (Å²) in [5, 5.41) is 3.55. The van der Waals surface area contributed by atoms with Crippen LogP contribution in [0.25, 0.3) is 21.6 Å². The largest absolute Gasteiger partial charge is 0.741 e. The SMILES string of the molecule is Cc1cc(-c2ccc[n+](C)c2)c(N=[N+]=[N-])cc1F.O=S(=O)([O-])C(F)(F)F. The number of pyridine rings is 1. The van der Waals surface area contributed by atoms with E-state index in [2.05, 4.69) is 10.0 Å². The third-order valence-electron chi connectivity index (χ3n) is 2.96. The van der Waals surface area contributed by atoms with E-state index in [9.17, 15) is 17.6 Å². The van der Waals surface area contributed by atoms with E-state index >= 15 is 0 Å². The van der Waals surface area contributed by atoms with Crippen molar-refractivity contribution in [1.29, 1.82) is 0 Å². The van der Waals surface area contributed by atoms with Gasteiger partial charge in [0.05, 0.1) is 0 Å². The first kappa shape index (κ1) is 21.4. The van der Waals surface area contributed by atoms with Crippen LogP contribution in [0.2, 0.25) is 0 Å². The number of aromatic nitrogens is 1. The fourth-order valence-corrected chi connectivity index (χ4v) is 1.78. The Morgan fingerprint density at radius 3 is 2.35 bits per heavy atom. The molecule has 0 radical (unpaired) electrons. The highest BCUT2D eigenvalue weighted by Crippen LogP contribution is 2.32. The number of halogens is 4. The molecule has 0 saturated carbocycles. The Morgan fingerprint density at radius 2 is 1.88 bits per heavy atom. The van der Waals surface area contributed by atoms with Crippen LogP contribution in [-0.4, -0.2) is 18.5 Å². The molecule has 0 atom stereocenters. The minimum Gasteiger partial charge on any atom is -0.741 e. The van der Waals surface area contributed by atoms with Gasteiger partial charge in [-0.05, 0) is 41.8 Å². The van der Waals surface area contributed by atoms with Crippen LogP contribution in [0.4, 0.5) is 23.2 Å². The lowest BCUT2D eigenvalue weighted by Crippen LogP contribution is -2.26. The summed E-state index contributed by atoms with van der Waals surface area (Å²) in [6.07, 6.45) is 3.79. The number of benzene rings is 1. The van der Waals surface area contributed by atoms with Crippen molar-refractivity contribution in [2.75, 3.05) is 0 Å². The maximum absolute atomic E-state index is 13.5. The molecular weight excluding hydrogens is 380 g/mol. The van der Waals surface area contributed by atoms with Gasteiger partial charge in [-0.15, -0.1) is 0 Å². The summed E-state index contributed by atoms with van der Waals surface area (Å²) >= 11 is 0. The van der Waals surface area contributed by atoms with E-state index in [1.807, 2.05) is 36.1 Å². The van der Waals surface area contributed by atoms with Crippen LogP contribution >= 0.6 is 0 Å². The molecular formula is C14H12F4N4O3S. The van der Waals surface area contributed by atoms with Gasteiger partial charge in [0, 0.05) is 22.2 Å². The van der Waals surface area contributed by atoms with Crippen LogP contribution in [0.5, 0.6) is 0 Å². The van der Waals surface area contributed by atoms with E-state index in [0.717, 1.165) is 11.1 Å². The van der Waals surface area contributed by atoms with Gasteiger partial charge in [-0.2, -0.15) is 13.2 Å². The third-order valence-corrected chi connectivity index (χ3v) is 3.53. The van der Waals surface area contributed by atoms with E-state index in [0.29, 0.717) is 11.3 Å². The van der Waals surface area contributed by atoms with Crippen LogP contribution in [0.1, 0.15) is 5.56 Å². The van der Waals surface area contributed by atoms with E-state index < -0.39 is 15.6 Å². The molecule has 12 heteroatoms. The van der Waals surface area contributed by atoms with Gasteiger partial charge in [0.25, 0.3) is 0 Å². The molecule has 7 nitrogen and oxygen atoms in total. The smallest absolute Gasteiger partial charge is 0.485 e. The molecule has 0 amide bonds. The molecule has 26 heavy (non-hydrogen) atoms. The normalized spacial score (nSPS) is 11.2. The molecule has 2 aromatic rings. The number of aryl methyl sites for hydroxylation is 2. The molecule has 140 valence electrons. The summed E-state index contributed by atoms with van der Waals surface area (Å²) in [6.45, 7) is 1.68. The number of alkyl halides is 3. The van der Waals surface area contributed by atoms with E-state index in [4.69, 9.17) is 18.5 Å². The summed E-state index contributed by atoms with van der Waals surface area (Å²) in [5.41, 5.74) is 5.32. The number of azide groups is 1. The van der Waals surface area contributed by atoms with Crippen molar-refractivity contribution in [3.05, 3.63) is 58.5 Å². The van der Waals surface area contributed by atoms with Gasteiger partial charge in [-0.1, -0.05) is 5.11 Å². The van der Waals surface area contributed by atoms with Gasteiger partial charge < -0.3 is 4.55 Å². The van der Waals surface area contributed by atoms with Crippen molar-refractivity contribution in [1.82, 2.24) is 0 Å². The third kappa shape index (κ3) is 5.69. The molecule has 0 aliphatic heterocycles. The maximum atomic E-state index is 13.5.